The maximum Gasteiger partial charge on any atom is 0.282 e. The Morgan fingerprint density at radius 1 is 0.568 bits per heavy atom. The fourth-order valence-electron chi connectivity index (χ4n) is 3.90. The van der Waals surface area contributed by atoms with Crippen LogP contribution in [0.4, 0.5) is 30.7 Å². The first-order valence-electron chi connectivity index (χ1n) is 11.6. The Hall–Kier alpha value is -3.61. The molecule has 0 bridgehead atoms. The summed E-state index contributed by atoms with van der Waals surface area (Å²) in [5, 5.41) is 0. The van der Waals surface area contributed by atoms with Gasteiger partial charge in [0, 0.05) is 17.5 Å². The highest BCUT2D eigenvalue weighted by Crippen LogP contribution is 2.38. The molecule has 0 nitrogen and oxygen atoms in total. The fraction of sp³-hybridized carbons (Fsp3) is 0.200. The Kier molecular flexibility index (Phi) is 8.46. The number of aryl methyl sites for hydroxylation is 1. The Bertz CT molecular complexity index is 1360. The molecule has 37 heavy (non-hydrogen) atoms. The van der Waals surface area contributed by atoms with Crippen molar-refractivity contribution in [3.8, 4) is 22.3 Å². The molecule has 0 atom stereocenters. The molecule has 0 N–H and O–H groups in total. The molecular weight excluding hydrogens is 493 g/mol. The molecule has 0 aliphatic heterocycles. The number of rotatable bonds is 5. The molecule has 194 valence electrons. The van der Waals surface area contributed by atoms with Gasteiger partial charge in [0.15, 0.2) is 0 Å². The molecule has 0 radical (unpaired) electrons. The fourth-order valence-corrected chi connectivity index (χ4v) is 3.90. The molecule has 4 rings (SSSR count). The molecule has 0 saturated heterocycles. The van der Waals surface area contributed by atoms with E-state index in [-0.39, 0.29) is 16.7 Å². The van der Waals surface area contributed by atoms with E-state index in [9.17, 15) is 30.7 Å². The maximum absolute atomic E-state index is 14.8. The van der Waals surface area contributed by atoms with Gasteiger partial charge in [0.2, 0.25) is 0 Å². The second kappa shape index (κ2) is 11.2. The van der Waals surface area contributed by atoms with E-state index in [4.69, 9.17) is 0 Å². The lowest BCUT2D eigenvalue weighted by molar-refractivity contribution is -0.0110. The number of alkyl halides is 2. The third-order valence-electron chi connectivity index (χ3n) is 5.84. The molecule has 0 heterocycles. The number of hydrogen-bond acceptors (Lipinski definition) is 0. The normalized spacial score (nSPS) is 11.2. The van der Waals surface area contributed by atoms with Gasteiger partial charge in [-0.2, -0.15) is 0 Å². The highest BCUT2D eigenvalue weighted by atomic mass is 19.3. The lowest BCUT2D eigenvalue weighted by Crippen LogP contribution is -2.21. The summed E-state index contributed by atoms with van der Waals surface area (Å²) < 4.78 is 101. The van der Waals surface area contributed by atoms with Gasteiger partial charge in [-0.05, 0) is 66.4 Å². The minimum Gasteiger partial charge on any atom is -0.207 e. The van der Waals surface area contributed by atoms with Crippen LogP contribution in [-0.4, -0.2) is 0 Å². The molecule has 0 amide bonds. The summed E-state index contributed by atoms with van der Waals surface area (Å²) in [4.78, 5) is 0. The van der Waals surface area contributed by atoms with Crippen LogP contribution in [0.1, 0.15) is 36.1 Å². The van der Waals surface area contributed by atoms with Crippen molar-refractivity contribution in [1.29, 1.82) is 0 Å². The van der Waals surface area contributed by atoms with Crippen molar-refractivity contribution in [1.82, 2.24) is 0 Å². The smallest absolute Gasteiger partial charge is 0.207 e. The van der Waals surface area contributed by atoms with Gasteiger partial charge in [-0.15, -0.1) is 0 Å². The maximum atomic E-state index is 14.8. The number of benzene rings is 4. The summed E-state index contributed by atoms with van der Waals surface area (Å²) >= 11 is 0. The van der Waals surface area contributed by atoms with E-state index in [1.165, 1.54) is 12.1 Å². The van der Waals surface area contributed by atoms with E-state index in [0.717, 1.165) is 18.1 Å². The first-order valence-corrected chi connectivity index (χ1v) is 11.6. The highest BCUT2D eigenvalue weighted by Gasteiger charge is 2.38. The van der Waals surface area contributed by atoms with Crippen LogP contribution in [0, 0.1) is 42.9 Å². The van der Waals surface area contributed by atoms with Crippen LogP contribution in [-0.2, 0) is 12.3 Å². The van der Waals surface area contributed by atoms with Crippen LogP contribution >= 0.6 is 0 Å². The molecule has 0 fully saturated rings. The van der Waals surface area contributed by atoms with Crippen molar-refractivity contribution in [2.24, 2.45) is 0 Å². The first-order chi connectivity index (χ1) is 17.5. The molecule has 0 aromatic heterocycles. The molecule has 0 unspecified atom stereocenters. The molecule has 4 aromatic carbocycles. The van der Waals surface area contributed by atoms with Crippen LogP contribution in [0.15, 0.2) is 66.7 Å². The van der Waals surface area contributed by atoms with E-state index in [0.29, 0.717) is 29.8 Å². The second-order valence-electron chi connectivity index (χ2n) is 8.44. The van der Waals surface area contributed by atoms with Gasteiger partial charge < -0.3 is 0 Å². The van der Waals surface area contributed by atoms with Crippen molar-refractivity contribution >= 4 is 0 Å². The van der Waals surface area contributed by atoms with Crippen molar-refractivity contribution < 1.29 is 30.7 Å². The second-order valence-corrected chi connectivity index (χ2v) is 8.44. The summed E-state index contributed by atoms with van der Waals surface area (Å²) in [6, 6.07) is 14.0. The van der Waals surface area contributed by atoms with E-state index in [2.05, 4.69) is 0 Å². The van der Waals surface area contributed by atoms with E-state index in [1.807, 2.05) is 32.9 Å². The first kappa shape index (κ1) is 28.0. The molecule has 7 heteroatoms. The minimum atomic E-state index is -4.12. The Balaban J connectivity index is 0.00000186. The topological polar surface area (TPSA) is 0 Å². The van der Waals surface area contributed by atoms with Crippen molar-refractivity contribution in [3.05, 3.63) is 118 Å². The van der Waals surface area contributed by atoms with Crippen molar-refractivity contribution in [2.45, 2.75) is 40.0 Å². The SMILES string of the molecule is CC.Cc1ccc(-c2ccc(-c3cc(F)c(C(F)(F)Cc4cc(F)c(C)c(F)c4)c(F)c3)c(F)c2)cc1. The highest BCUT2D eigenvalue weighted by molar-refractivity contribution is 5.71. The largest absolute Gasteiger partial charge is 0.282 e. The van der Waals surface area contributed by atoms with E-state index in [1.54, 1.807) is 18.2 Å². The van der Waals surface area contributed by atoms with Gasteiger partial charge in [-0.1, -0.05) is 55.8 Å². The average molecular weight is 519 g/mol. The standard InChI is InChI=1S/C28H19F7.C2H6/c1-15-3-5-18(6-4-15)19-7-8-21(24(31)11-19)20-12-25(32)27(26(33)13-20)28(34,35)14-17-9-22(29)16(2)23(30)10-17;1-2/h3-13H,14H2,1-2H3;1-2H3. The lowest BCUT2D eigenvalue weighted by Gasteiger charge is -2.20. The zero-order chi connectivity index (χ0) is 27.5. The molecule has 4 aromatic rings. The van der Waals surface area contributed by atoms with Crippen LogP contribution in [0.5, 0.6) is 0 Å². The Labute approximate surface area is 211 Å². The number of halogens is 7. The Morgan fingerprint density at radius 3 is 1.57 bits per heavy atom. The summed E-state index contributed by atoms with van der Waals surface area (Å²) in [5.74, 6) is -10.2. The van der Waals surface area contributed by atoms with Crippen LogP contribution < -0.4 is 0 Å². The summed E-state index contributed by atoms with van der Waals surface area (Å²) in [7, 11) is 0. The third-order valence-corrected chi connectivity index (χ3v) is 5.84. The quantitative estimate of drug-likeness (QED) is 0.231. The van der Waals surface area contributed by atoms with Gasteiger partial charge in [-0.25, -0.2) is 30.7 Å². The Morgan fingerprint density at radius 2 is 1.05 bits per heavy atom. The molecular formula is C30H25F7. The van der Waals surface area contributed by atoms with Gasteiger partial charge in [0.25, 0.3) is 5.92 Å². The van der Waals surface area contributed by atoms with E-state index < -0.39 is 52.6 Å². The van der Waals surface area contributed by atoms with Crippen LogP contribution in [0.3, 0.4) is 0 Å². The monoisotopic (exact) mass is 518 g/mol. The van der Waals surface area contributed by atoms with Gasteiger partial charge in [-0.3, -0.25) is 0 Å². The predicted molar refractivity (Wildman–Crippen MR) is 132 cm³/mol. The van der Waals surface area contributed by atoms with Gasteiger partial charge >= 0.3 is 0 Å². The van der Waals surface area contributed by atoms with Crippen LogP contribution in [0.2, 0.25) is 0 Å². The minimum absolute atomic E-state index is 0.170. The summed E-state index contributed by atoms with van der Waals surface area (Å²) in [6.45, 7) is 7.04. The van der Waals surface area contributed by atoms with Crippen LogP contribution in [0.25, 0.3) is 22.3 Å². The summed E-state index contributed by atoms with van der Waals surface area (Å²) in [6.07, 6.45) is -1.33. The summed E-state index contributed by atoms with van der Waals surface area (Å²) in [5.41, 5.74) is -0.516. The van der Waals surface area contributed by atoms with Crippen molar-refractivity contribution in [2.75, 3.05) is 0 Å². The van der Waals surface area contributed by atoms with Crippen molar-refractivity contribution in [3.63, 3.8) is 0 Å². The zero-order valence-electron chi connectivity index (χ0n) is 20.7. The molecule has 0 aliphatic carbocycles. The molecule has 0 saturated carbocycles. The molecule has 0 spiro atoms. The van der Waals surface area contributed by atoms with E-state index >= 15 is 0 Å². The molecule has 0 aliphatic rings. The average Bonchev–Trinajstić information content (AvgIpc) is 2.83. The zero-order valence-corrected chi connectivity index (χ0v) is 20.7. The lowest BCUT2D eigenvalue weighted by atomic mass is 9.94. The third kappa shape index (κ3) is 6.04. The van der Waals surface area contributed by atoms with Gasteiger partial charge in [0.1, 0.15) is 29.1 Å². The predicted octanol–water partition coefficient (Wildman–Crippen LogP) is 9.69. The number of hydrogen-bond donors (Lipinski definition) is 0. The van der Waals surface area contributed by atoms with Gasteiger partial charge in [0.05, 0.1) is 5.56 Å².